The number of nitrogens with one attached hydrogen (secondary N) is 1. The number of aromatic nitrogens is 1. The average molecular weight is 362 g/mol. The first-order chi connectivity index (χ1) is 10.2. The third-order valence-electron chi connectivity index (χ3n) is 3.45. The van der Waals surface area contributed by atoms with Gasteiger partial charge >= 0.3 is 0 Å². The largest absolute Gasteiger partial charge is 0.309 e. The van der Waals surface area contributed by atoms with Gasteiger partial charge in [0.05, 0.1) is 11.6 Å². The maximum absolute atomic E-state index is 6.16. The van der Waals surface area contributed by atoms with E-state index in [1.165, 1.54) is 0 Å². The molecule has 0 aliphatic heterocycles. The molecule has 0 fully saturated rings. The lowest BCUT2D eigenvalue weighted by atomic mass is 9.99. The van der Waals surface area contributed by atoms with Crippen LogP contribution in [-0.2, 0) is 0 Å². The number of benzene rings is 2. The van der Waals surface area contributed by atoms with Crippen molar-refractivity contribution in [1.29, 1.82) is 0 Å². The van der Waals surface area contributed by atoms with E-state index in [2.05, 4.69) is 44.4 Å². The van der Waals surface area contributed by atoms with Crippen LogP contribution in [0.25, 0.3) is 10.9 Å². The molecule has 0 amide bonds. The topological polar surface area (TPSA) is 24.9 Å². The van der Waals surface area contributed by atoms with Gasteiger partial charge in [0.2, 0.25) is 0 Å². The van der Waals surface area contributed by atoms with Gasteiger partial charge in [0.25, 0.3) is 0 Å². The number of fused-ring (bicyclic) bond motifs is 1. The van der Waals surface area contributed by atoms with Crippen molar-refractivity contribution in [1.82, 2.24) is 10.3 Å². The van der Waals surface area contributed by atoms with E-state index in [1.54, 1.807) is 0 Å². The lowest BCUT2D eigenvalue weighted by Crippen LogP contribution is -2.17. The Bertz CT molecular complexity index is 768. The summed E-state index contributed by atoms with van der Waals surface area (Å²) in [7, 11) is 1.94. The molecule has 1 N–H and O–H groups in total. The van der Waals surface area contributed by atoms with Crippen molar-refractivity contribution in [3.05, 3.63) is 75.4 Å². The highest BCUT2D eigenvalue weighted by atomic mass is 79.9. The predicted molar refractivity (Wildman–Crippen MR) is 91.8 cm³/mol. The fourth-order valence-electron chi connectivity index (χ4n) is 2.51. The molecular formula is C17H14BrClN2. The zero-order valence-electron chi connectivity index (χ0n) is 11.5. The molecule has 0 spiro atoms. The molecule has 4 heteroatoms. The zero-order chi connectivity index (χ0) is 14.8. The Labute approximate surface area is 137 Å². The number of pyridine rings is 1. The average Bonchev–Trinajstić information content (AvgIpc) is 2.47. The number of hydrogen-bond acceptors (Lipinski definition) is 2. The van der Waals surface area contributed by atoms with Gasteiger partial charge in [0.1, 0.15) is 0 Å². The van der Waals surface area contributed by atoms with Crippen LogP contribution in [0.1, 0.15) is 17.2 Å². The van der Waals surface area contributed by atoms with Gasteiger partial charge < -0.3 is 5.32 Å². The Morgan fingerprint density at radius 2 is 1.90 bits per heavy atom. The standard InChI is InChI=1S/C17H14BrClN2/c1-20-17(12-7-14(18)9-15(19)8-12)13-6-11-4-2-3-5-16(11)21-10-13/h2-10,17,20H,1H3. The Morgan fingerprint density at radius 1 is 1.10 bits per heavy atom. The molecule has 0 bridgehead atoms. The molecule has 1 heterocycles. The van der Waals surface area contributed by atoms with E-state index in [1.807, 2.05) is 43.6 Å². The van der Waals surface area contributed by atoms with Gasteiger partial charge in [-0.25, -0.2) is 0 Å². The third-order valence-corrected chi connectivity index (χ3v) is 4.13. The lowest BCUT2D eigenvalue weighted by Gasteiger charge is -2.18. The minimum Gasteiger partial charge on any atom is -0.309 e. The molecule has 2 aromatic carbocycles. The molecule has 106 valence electrons. The van der Waals surface area contributed by atoms with Crippen molar-refractivity contribution < 1.29 is 0 Å². The first-order valence-corrected chi connectivity index (χ1v) is 7.82. The van der Waals surface area contributed by atoms with Crippen LogP contribution in [-0.4, -0.2) is 12.0 Å². The molecule has 3 aromatic rings. The van der Waals surface area contributed by atoms with E-state index in [4.69, 9.17) is 11.6 Å². The molecule has 3 rings (SSSR count). The Kier molecular flexibility index (Phi) is 4.24. The Balaban J connectivity index is 2.08. The second-order valence-electron chi connectivity index (χ2n) is 4.89. The highest BCUT2D eigenvalue weighted by Crippen LogP contribution is 2.28. The summed E-state index contributed by atoms with van der Waals surface area (Å²) in [5, 5.41) is 5.19. The minimum absolute atomic E-state index is 0.0529. The molecular weight excluding hydrogens is 348 g/mol. The van der Waals surface area contributed by atoms with Crippen LogP contribution in [0, 0.1) is 0 Å². The van der Waals surface area contributed by atoms with Crippen LogP contribution in [0.2, 0.25) is 5.02 Å². The summed E-state index contributed by atoms with van der Waals surface area (Å²) in [6.07, 6.45) is 1.91. The summed E-state index contributed by atoms with van der Waals surface area (Å²) in [6, 6.07) is 16.3. The molecule has 2 nitrogen and oxygen atoms in total. The summed E-state index contributed by atoms with van der Waals surface area (Å²) >= 11 is 9.66. The van der Waals surface area contributed by atoms with Gasteiger partial charge in [0.15, 0.2) is 0 Å². The second-order valence-corrected chi connectivity index (χ2v) is 6.24. The number of hydrogen-bond donors (Lipinski definition) is 1. The van der Waals surface area contributed by atoms with E-state index in [-0.39, 0.29) is 6.04 Å². The quantitative estimate of drug-likeness (QED) is 0.713. The van der Waals surface area contributed by atoms with Crippen LogP contribution in [0.5, 0.6) is 0 Å². The minimum atomic E-state index is 0.0529. The van der Waals surface area contributed by atoms with E-state index in [0.717, 1.165) is 26.5 Å². The van der Waals surface area contributed by atoms with Crippen molar-refractivity contribution in [2.45, 2.75) is 6.04 Å². The normalized spacial score (nSPS) is 12.5. The Hall–Kier alpha value is -1.42. The summed E-state index contributed by atoms with van der Waals surface area (Å²) in [6.45, 7) is 0. The van der Waals surface area contributed by atoms with Gasteiger partial charge in [0, 0.05) is 21.1 Å². The van der Waals surface area contributed by atoms with Gasteiger partial charge in [-0.3, -0.25) is 4.98 Å². The molecule has 1 atom stereocenters. The first-order valence-electron chi connectivity index (χ1n) is 6.65. The predicted octanol–water partition coefficient (Wildman–Crippen LogP) is 4.96. The fourth-order valence-corrected chi connectivity index (χ4v) is 3.40. The highest BCUT2D eigenvalue weighted by Gasteiger charge is 2.14. The summed E-state index contributed by atoms with van der Waals surface area (Å²) in [4.78, 5) is 4.54. The third kappa shape index (κ3) is 3.10. The van der Waals surface area contributed by atoms with Gasteiger partial charge in [-0.2, -0.15) is 0 Å². The molecule has 21 heavy (non-hydrogen) atoms. The van der Waals surface area contributed by atoms with Crippen LogP contribution in [0.15, 0.2) is 59.2 Å². The molecule has 0 aliphatic rings. The molecule has 0 saturated heterocycles. The molecule has 0 aliphatic carbocycles. The number of para-hydroxylation sites is 1. The van der Waals surface area contributed by atoms with Crippen LogP contribution < -0.4 is 5.32 Å². The van der Waals surface area contributed by atoms with Crippen molar-refractivity contribution in [3.8, 4) is 0 Å². The van der Waals surface area contributed by atoms with E-state index in [9.17, 15) is 0 Å². The van der Waals surface area contributed by atoms with Crippen molar-refractivity contribution in [2.75, 3.05) is 7.05 Å². The zero-order valence-corrected chi connectivity index (χ0v) is 13.8. The van der Waals surface area contributed by atoms with Crippen LogP contribution >= 0.6 is 27.5 Å². The van der Waals surface area contributed by atoms with Gasteiger partial charge in [-0.05, 0) is 48.5 Å². The maximum atomic E-state index is 6.16. The van der Waals surface area contributed by atoms with Crippen molar-refractivity contribution in [3.63, 3.8) is 0 Å². The summed E-state index contributed by atoms with van der Waals surface area (Å²) < 4.78 is 0.971. The van der Waals surface area contributed by atoms with E-state index >= 15 is 0 Å². The Morgan fingerprint density at radius 3 is 2.67 bits per heavy atom. The molecule has 0 radical (unpaired) electrons. The summed E-state index contributed by atoms with van der Waals surface area (Å²) in [5.74, 6) is 0. The molecule has 0 saturated carbocycles. The summed E-state index contributed by atoms with van der Waals surface area (Å²) in [5.41, 5.74) is 3.22. The molecule has 1 aromatic heterocycles. The number of halogens is 2. The van der Waals surface area contributed by atoms with Crippen LogP contribution in [0.4, 0.5) is 0 Å². The number of rotatable bonds is 3. The monoisotopic (exact) mass is 360 g/mol. The van der Waals surface area contributed by atoms with Crippen molar-refractivity contribution in [2.24, 2.45) is 0 Å². The molecule has 1 unspecified atom stereocenters. The van der Waals surface area contributed by atoms with Crippen LogP contribution in [0.3, 0.4) is 0 Å². The van der Waals surface area contributed by atoms with E-state index in [0.29, 0.717) is 5.02 Å². The highest BCUT2D eigenvalue weighted by molar-refractivity contribution is 9.10. The van der Waals surface area contributed by atoms with Gasteiger partial charge in [-0.1, -0.05) is 45.7 Å². The second kappa shape index (κ2) is 6.14. The van der Waals surface area contributed by atoms with Gasteiger partial charge in [-0.15, -0.1) is 0 Å². The maximum Gasteiger partial charge on any atom is 0.0702 e. The smallest absolute Gasteiger partial charge is 0.0702 e. The fraction of sp³-hybridized carbons (Fsp3) is 0.118. The SMILES string of the molecule is CNC(c1cc(Cl)cc(Br)c1)c1cnc2ccccc2c1. The lowest BCUT2D eigenvalue weighted by molar-refractivity contribution is 0.690. The number of nitrogens with zero attached hydrogens (tertiary/aromatic N) is 1. The van der Waals surface area contributed by atoms with E-state index < -0.39 is 0 Å². The first kappa shape index (κ1) is 14.5. The van der Waals surface area contributed by atoms with Crippen molar-refractivity contribution >= 4 is 38.4 Å².